The highest BCUT2D eigenvalue weighted by Crippen LogP contribution is 2.66. The Kier molecular flexibility index (Phi) is 7.62. The molecule has 10 heteroatoms. The lowest BCUT2D eigenvalue weighted by Crippen LogP contribution is -2.51. The zero-order valence-corrected chi connectivity index (χ0v) is 24.1. The summed E-state index contributed by atoms with van der Waals surface area (Å²) in [5, 5.41) is 4.28. The van der Waals surface area contributed by atoms with Gasteiger partial charge in [-0.05, 0) is 99.4 Å². The fourth-order valence-corrected chi connectivity index (χ4v) is 8.86. The summed E-state index contributed by atoms with van der Waals surface area (Å²) >= 11 is 0. The molecule has 0 aromatic carbocycles. The van der Waals surface area contributed by atoms with Gasteiger partial charge in [-0.2, -0.15) is 13.2 Å². The molecule has 5 aliphatic rings. The number of amides is 2. The maximum atomic E-state index is 12.9. The van der Waals surface area contributed by atoms with Crippen LogP contribution in [0.25, 0.3) is 0 Å². The molecule has 6 atom stereocenters. The van der Waals surface area contributed by atoms with Gasteiger partial charge in [-0.15, -0.1) is 0 Å². The minimum Gasteiger partial charge on any atom is -0.336 e. The molecule has 0 aromatic heterocycles. The van der Waals surface area contributed by atoms with Gasteiger partial charge in [0, 0.05) is 38.5 Å². The zero-order valence-electron chi connectivity index (χ0n) is 24.1. The van der Waals surface area contributed by atoms with Crippen LogP contribution in [0.2, 0.25) is 0 Å². The van der Waals surface area contributed by atoms with Crippen molar-refractivity contribution in [2.24, 2.45) is 39.7 Å². The van der Waals surface area contributed by atoms with Crippen molar-refractivity contribution in [2.45, 2.75) is 97.2 Å². The number of halogens is 3. The summed E-state index contributed by atoms with van der Waals surface area (Å²) in [7, 11) is 1.08. The first kappa shape index (κ1) is 29.1. The van der Waals surface area contributed by atoms with Crippen LogP contribution in [0.5, 0.6) is 0 Å². The van der Waals surface area contributed by atoms with Gasteiger partial charge >= 0.3 is 18.2 Å². The third-order valence-electron chi connectivity index (χ3n) is 11.2. The summed E-state index contributed by atoms with van der Waals surface area (Å²) < 4.78 is 38.2. The molecule has 0 N–H and O–H groups in total. The average Bonchev–Trinajstić information content (AvgIpc) is 3.66. The second kappa shape index (κ2) is 10.5. The molecule has 5 aliphatic carbocycles. The molecule has 4 saturated carbocycles. The van der Waals surface area contributed by atoms with Crippen LogP contribution < -0.4 is 0 Å². The van der Waals surface area contributed by atoms with Crippen molar-refractivity contribution in [1.82, 2.24) is 9.80 Å². The molecule has 40 heavy (non-hydrogen) atoms. The third kappa shape index (κ3) is 5.20. The Morgan fingerprint density at radius 1 is 1.02 bits per heavy atom. The van der Waals surface area contributed by atoms with Crippen LogP contribution >= 0.6 is 0 Å². The Bertz CT molecular complexity index is 1120. The zero-order chi connectivity index (χ0) is 29.0. The van der Waals surface area contributed by atoms with E-state index < -0.39 is 18.2 Å². The van der Waals surface area contributed by atoms with Gasteiger partial charge in [0.2, 0.25) is 0 Å². The molecular weight excluding hydrogens is 523 g/mol. The number of likely N-dealkylation sites (N-methyl/N-ethyl adjacent to an activating group) is 1. The third-order valence-corrected chi connectivity index (χ3v) is 11.2. The average molecular weight is 566 g/mol. The van der Waals surface area contributed by atoms with Gasteiger partial charge in [0.25, 0.3) is 0 Å². The molecule has 0 aliphatic heterocycles. The normalized spacial score (nSPS) is 35.7. The fraction of sp³-hybridized carbons (Fsp3) is 0.800. The van der Waals surface area contributed by atoms with E-state index in [1.807, 2.05) is 13.0 Å². The molecule has 0 spiro atoms. The van der Waals surface area contributed by atoms with E-state index in [1.165, 1.54) is 10.5 Å². The maximum absolute atomic E-state index is 12.9. The van der Waals surface area contributed by atoms with Crippen LogP contribution in [0, 0.1) is 34.5 Å². The lowest BCUT2D eigenvalue weighted by molar-refractivity contribution is -0.184. The second-order valence-corrected chi connectivity index (χ2v) is 13.4. The van der Waals surface area contributed by atoms with Gasteiger partial charge in [-0.3, -0.25) is 14.4 Å². The summed E-state index contributed by atoms with van der Waals surface area (Å²) in [4.78, 5) is 43.8. The van der Waals surface area contributed by atoms with Crippen LogP contribution in [0.15, 0.2) is 16.8 Å². The van der Waals surface area contributed by atoms with Gasteiger partial charge in [0.15, 0.2) is 5.78 Å². The molecule has 5 rings (SSSR count). The number of oxime groups is 1. The highest BCUT2D eigenvalue weighted by molar-refractivity contribution is 5.91. The van der Waals surface area contributed by atoms with E-state index in [-0.39, 0.29) is 41.7 Å². The number of hydrogen-bond acceptors (Lipinski definition) is 5. The van der Waals surface area contributed by atoms with Crippen LogP contribution in [0.3, 0.4) is 0 Å². The molecule has 222 valence electrons. The van der Waals surface area contributed by atoms with E-state index in [9.17, 15) is 27.6 Å². The largest absolute Gasteiger partial charge is 0.471 e. The molecule has 0 aromatic rings. The van der Waals surface area contributed by atoms with E-state index in [1.54, 1.807) is 0 Å². The Hall–Kier alpha value is -2.39. The smallest absolute Gasteiger partial charge is 0.336 e. The number of ketones is 1. The summed E-state index contributed by atoms with van der Waals surface area (Å²) in [6, 6.07) is -0.0947. The highest BCUT2D eigenvalue weighted by Gasteiger charge is 2.59. The molecule has 0 unspecified atom stereocenters. The highest BCUT2D eigenvalue weighted by atomic mass is 19.4. The van der Waals surface area contributed by atoms with E-state index in [0.29, 0.717) is 29.1 Å². The molecule has 0 saturated heterocycles. The lowest BCUT2D eigenvalue weighted by atomic mass is 9.46. The Labute approximate surface area is 234 Å². The number of hydrogen-bond donors (Lipinski definition) is 0. The minimum atomic E-state index is -4.95. The molecule has 0 bridgehead atoms. The van der Waals surface area contributed by atoms with Crippen molar-refractivity contribution in [3.8, 4) is 0 Å². The van der Waals surface area contributed by atoms with Gasteiger partial charge in [-0.25, -0.2) is 4.79 Å². The Morgan fingerprint density at radius 2 is 1.75 bits per heavy atom. The van der Waals surface area contributed by atoms with Crippen molar-refractivity contribution in [3.63, 3.8) is 0 Å². The summed E-state index contributed by atoms with van der Waals surface area (Å²) in [6.45, 7) is 6.40. The van der Waals surface area contributed by atoms with Crippen LogP contribution in [0.4, 0.5) is 18.0 Å². The van der Waals surface area contributed by atoms with Crippen LogP contribution in [0.1, 0.15) is 85.0 Å². The minimum absolute atomic E-state index is 0.0382. The van der Waals surface area contributed by atoms with Gasteiger partial charge in [-0.1, -0.05) is 24.6 Å². The number of nitrogens with zero attached hydrogens (tertiary/aromatic N) is 3. The van der Waals surface area contributed by atoms with Crippen LogP contribution in [-0.4, -0.2) is 65.7 Å². The Balaban J connectivity index is 1.22. The summed E-state index contributed by atoms with van der Waals surface area (Å²) in [5.41, 5.74) is 2.35. The fourth-order valence-electron chi connectivity index (χ4n) is 8.86. The number of carbonyl (C=O) groups is 3. The number of rotatable bonds is 6. The van der Waals surface area contributed by atoms with Crippen molar-refractivity contribution >= 4 is 23.5 Å². The van der Waals surface area contributed by atoms with E-state index in [2.05, 4.69) is 19.0 Å². The molecule has 2 amide bonds. The molecular formula is C30H42F3N3O4. The van der Waals surface area contributed by atoms with Crippen LogP contribution in [-0.2, 0) is 14.4 Å². The first-order valence-corrected chi connectivity index (χ1v) is 14.8. The quantitative estimate of drug-likeness (QED) is 0.220. The van der Waals surface area contributed by atoms with E-state index in [4.69, 9.17) is 4.84 Å². The first-order chi connectivity index (χ1) is 18.8. The predicted octanol–water partition coefficient (Wildman–Crippen LogP) is 6.13. The standard InChI is InChI=1S/C30H42F3N3O4/c1-18(34-40-27(39)36(20-6-7-20)16-15-35(4)26(38)30(31,32)33)23-9-10-24-22-8-5-19-17-21(37)11-13-28(19,2)25(22)12-14-29(23,24)3/h17,20,22-25H,5-16H2,1-4H3/b34-18+/t22-,23+,24-,25-,28-,29+/m0/s1. The first-order valence-electron chi connectivity index (χ1n) is 14.8. The SMILES string of the molecule is C/C(=N\OC(=O)N(CCN(C)C(=O)C(F)(F)F)C1CC1)[C@H]1CC[C@H]2[C@@H]3CCC4=CC(=O)CC[C@]4(C)[C@H]3CC[C@]12C. The number of fused-ring (bicyclic) bond motifs is 5. The van der Waals surface area contributed by atoms with Gasteiger partial charge < -0.3 is 9.80 Å². The molecule has 0 heterocycles. The predicted molar refractivity (Wildman–Crippen MR) is 143 cm³/mol. The topological polar surface area (TPSA) is 79.3 Å². The Morgan fingerprint density at radius 3 is 2.42 bits per heavy atom. The number of allylic oxidation sites excluding steroid dienone is 1. The van der Waals surface area contributed by atoms with Crippen molar-refractivity contribution in [1.29, 1.82) is 0 Å². The van der Waals surface area contributed by atoms with E-state index >= 15 is 0 Å². The van der Waals surface area contributed by atoms with Crippen molar-refractivity contribution < 1.29 is 32.4 Å². The maximum Gasteiger partial charge on any atom is 0.471 e. The second-order valence-electron chi connectivity index (χ2n) is 13.4. The van der Waals surface area contributed by atoms with Gasteiger partial charge in [0.05, 0.1) is 5.71 Å². The van der Waals surface area contributed by atoms with E-state index in [0.717, 1.165) is 70.5 Å². The monoisotopic (exact) mass is 565 g/mol. The summed E-state index contributed by atoms with van der Waals surface area (Å²) in [5.74, 6) is 0.334. The number of alkyl halides is 3. The summed E-state index contributed by atoms with van der Waals surface area (Å²) in [6.07, 6.45) is 5.88. The van der Waals surface area contributed by atoms with Gasteiger partial charge in [0.1, 0.15) is 0 Å². The van der Waals surface area contributed by atoms with Crippen molar-refractivity contribution in [2.75, 3.05) is 20.1 Å². The van der Waals surface area contributed by atoms with Crippen molar-refractivity contribution in [3.05, 3.63) is 11.6 Å². The molecule has 0 radical (unpaired) electrons. The number of carbonyl (C=O) groups excluding carboxylic acids is 3. The molecule has 7 nitrogen and oxygen atoms in total. The lowest BCUT2D eigenvalue weighted by Gasteiger charge is -2.58. The molecule has 4 fully saturated rings.